The van der Waals surface area contributed by atoms with Crippen molar-refractivity contribution in [3.05, 3.63) is 27.7 Å². The van der Waals surface area contributed by atoms with Crippen LogP contribution in [0.5, 0.6) is 0 Å². The number of benzene rings is 1. The molecule has 0 spiro atoms. The van der Waals surface area contributed by atoms with Crippen LogP contribution in [0, 0.1) is 11.3 Å². The lowest BCUT2D eigenvalue weighted by Gasteiger charge is -2.51. The highest BCUT2D eigenvalue weighted by Gasteiger charge is 2.56. The van der Waals surface area contributed by atoms with Crippen molar-refractivity contribution >= 4 is 57.9 Å². The van der Waals surface area contributed by atoms with Gasteiger partial charge in [-0.25, -0.2) is 0 Å². The first-order chi connectivity index (χ1) is 14.3. The summed E-state index contributed by atoms with van der Waals surface area (Å²) in [7, 11) is 0. The van der Waals surface area contributed by atoms with Gasteiger partial charge in [0, 0.05) is 13.1 Å². The third-order valence-corrected chi connectivity index (χ3v) is 8.22. The summed E-state index contributed by atoms with van der Waals surface area (Å²) in [4.78, 5) is 2.04. The Morgan fingerprint density at radius 3 is 2.16 bits per heavy atom. The van der Waals surface area contributed by atoms with Crippen LogP contribution in [0.2, 0.25) is 10.0 Å². The number of amidine groups is 1. The lowest BCUT2D eigenvalue weighted by molar-refractivity contribution is -0.137. The molecule has 10 heteroatoms. The molecule has 31 heavy (non-hydrogen) atoms. The van der Waals surface area contributed by atoms with E-state index >= 15 is 0 Å². The van der Waals surface area contributed by atoms with Crippen LogP contribution in [-0.2, 0) is 6.18 Å². The summed E-state index contributed by atoms with van der Waals surface area (Å²) in [6, 6.07) is 1.65. The van der Waals surface area contributed by atoms with Crippen LogP contribution < -0.4 is 5.43 Å². The smallest absolute Gasteiger partial charge is 0.359 e. The fraction of sp³-hybridized carbons (Fsp3) is 0.667. The summed E-state index contributed by atoms with van der Waals surface area (Å²) < 4.78 is 38.1. The minimum atomic E-state index is -4.55. The van der Waals surface area contributed by atoms with Crippen LogP contribution in [-0.4, -0.2) is 28.2 Å². The molecule has 1 N–H and O–H groups in total. The topological polar surface area (TPSA) is 27.6 Å². The first-order valence-corrected chi connectivity index (χ1v) is 11.9. The summed E-state index contributed by atoms with van der Waals surface area (Å²) in [6.45, 7) is 9.34. The molecular formula is C21H28Cl4F3N3. The molecule has 176 valence electrons. The van der Waals surface area contributed by atoms with Gasteiger partial charge in [-0.3, -0.25) is 5.43 Å². The highest BCUT2D eigenvalue weighted by Crippen LogP contribution is 2.56. The monoisotopic (exact) mass is 519 g/mol. The summed E-state index contributed by atoms with van der Waals surface area (Å²) in [5, 5.41) is 4.23. The largest absolute Gasteiger partial charge is 0.416 e. The van der Waals surface area contributed by atoms with E-state index in [2.05, 4.69) is 17.5 Å². The van der Waals surface area contributed by atoms with E-state index in [-0.39, 0.29) is 21.7 Å². The minimum Gasteiger partial charge on any atom is -0.359 e. The van der Waals surface area contributed by atoms with Gasteiger partial charge in [0.15, 0.2) is 0 Å². The number of anilines is 1. The van der Waals surface area contributed by atoms with Crippen molar-refractivity contribution in [1.29, 1.82) is 0 Å². The number of hydrogen-bond donors (Lipinski definition) is 1. The molecule has 1 saturated carbocycles. The van der Waals surface area contributed by atoms with Crippen molar-refractivity contribution in [2.75, 3.05) is 18.5 Å². The van der Waals surface area contributed by atoms with Gasteiger partial charge in [0.2, 0.25) is 0 Å². The van der Waals surface area contributed by atoms with Crippen molar-refractivity contribution in [3.63, 3.8) is 0 Å². The molecule has 1 fully saturated rings. The van der Waals surface area contributed by atoms with Crippen LogP contribution in [0.15, 0.2) is 17.2 Å². The van der Waals surface area contributed by atoms with Gasteiger partial charge in [0.05, 0.1) is 26.7 Å². The van der Waals surface area contributed by atoms with E-state index < -0.39 is 21.5 Å². The second-order valence-electron chi connectivity index (χ2n) is 7.98. The fourth-order valence-corrected chi connectivity index (χ4v) is 5.70. The number of rotatable bonds is 6. The second-order valence-corrected chi connectivity index (χ2v) is 10.2. The van der Waals surface area contributed by atoms with Crippen molar-refractivity contribution < 1.29 is 13.2 Å². The first kappa shape index (κ1) is 26.7. The molecule has 1 aromatic rings. The number of nitrogens with zero attached hydrogens (tertiary/aromatic N) is 2. The molecule has 1 aromatic carbocycles. The number of hydrogen-bond acceptors (Lipinski definition) is 2. The van der Waals surface area contributed by atoms with E-state index in [4.69, 9.17) is 46.4 Å². The number of halogens is 7. The summed E-state index contributed by atoms with van der Waals surface area (Å²) >= 11 is 26.2. The molecule has 2 rings (SSSR count). The molecule has 0 amide bonds. The molecule has 1 aliphatic carbocycles. The van der Waals surface area contributed by atoms with E-state index in [0.29, 0.717) is 18.9 Å². The SMILES string of the molecule is CCC1CCCC(C)(/C(=N/Nc2c(Cl)cc(C(F)(F)F)cc2Cl)N(CC)CC)C1(Cl)Cl. The highest BCUT2D eigenvalue weighted by atomic mass is 35.5. The minimum absolute atomic E-state index is 0.0913. The van der Waals surface area contributed by atoms with Crippen LogP contribution in [0.3, 0.4) is 0 Å². The molecule has 0 bridgehead atoms. The van der Waals surface area contributed by atoms with Crippen molar-refractivity contribution in [1.82, 2.24) is 4.90 Å². The molecule has 2 atom stereocenters. The summed E-state index contributed by atoms with van der Waals surface area (Å²) in [5.74, 6) is 0.723. The second kappa shape index (κ2) is 10.1. The molecule has 0 aliphatic heterocycles. The zero-order valence-electron chi connectivity index (χ0n) is 18.0. The number of alkyl halides is 5. The lowest BCUT2D eigenvalue weighted by atomic mass is 9.68. The van der Waals surface area contributed by atoms with Crippen LogP contribution >= 0.6 is 46.4 Å². The predicted octanol–water partition coefficient (Wildman–Crippen LogP) is 8.47. The van der Waals surface area contributed by atoms with Gasteiger partial charge in [-0.1, -0.05) is 43.0 Å². The van der Waals surface area contributed by atoms with Crippen molar-refractivity contribution in [3.8, 4) is 0 Å². The fourth-order valence-electron chi connectivity index (χ4n) is 4.24. The Morgan fingerprint density at radius 2 is 1.71 bits per heavy atom. The van der Waals surface area contributed by atoms with Gasteiger partial charge in [-0.05, 0) is 51.7 Å². The maximum Gasteiger partial charge on any atom is 0.416 e. The normalized spacial score (nSPS) is 24.2. The number of hydrazone groups is 1. The number of nitrogens with one attached hydrogen (secondary N) is 1. The Morgan fingerprint density at radius 1 is 1.16 bits per heavy atom. The van der Waals surface area contributed by atoms with Crippen LogP contribution in [0.1, 0.15) is 58.9 Å². The molecule has 0 heterocycles. The molecule has 0 radical (unpaired) electrons. The molecule has 0 aromatic heterocycles. The highest BCUT2D eigenvalue weighted by molar-refractivity contribution is 6.50. The predicted molar refractivity (Wildman–Crippen MR) is 126 cm³/mol. The Bertz CT molecular complexity index is 787. The van der Waals surface area contributed by atoms with Gasteiger partial charge in [0.25, 0.3) is 0 Å². The summed E-state index contributed by atoms with van der Waals surface area (Å²) in [6.07, 6.45) is -1.13. The maximum atomic E-state index is 13.0. The van der Waals surface area contributed by atoms with Gasteiger partial charge in [-0.15, -0.1) is 23.2 Å². The van der Waals surface area contributed by atoms with Gasteiger partial charge >= 0.3 is 6.18 Å². The van der Waals surface area contributed by atoms with Crippen molar-refractivity contribution in [2.45, 2.75) is 63.9 Å². The molecule has 1 aliphatic rings. The molecular weight excluding hydrogens is 493 g/mol. The third-order valence-electron chi connectivity index (χ3n) is 6.17. The molecule has 2 unspecified atom stereocenters. The Balaban J connectivity index is 2.53. The van der Waals surface area contributed by atoms with Crippen molar-refractivity contribution in [2.24, 2.45) is 16.4 Å². The van der Waals surface area contributed by atoms with Crippen LogP contribution in [0.25, 0.3) is 0 Å². The van der Waals surface area contributed by atoms with E-state index in [1.165, 1.54) is 0 Å². The first-order valence-electron chi connectivity index (χ1n) is 10.4. The van der Waals surface area contributed by atoms with Gasteiger partial charge in [0.1, 0.15) is 10.2 Å². The molecule has 0 saturated heterocycles. The van der Waals surface area contributed by atoms with E-state index in [1.807, 2.05) is 25.7 Å². The van der Waals surface area contributed by atoms with Gasteiger partial charge < -0.3 is 4.90 Å². The standard InChI is InChI=1S/C21H28Cl4F3N3/c1-5-13-9-8-10-19(4,20(13,24)25)18(31(6-2)7-3)30-29-17-15(22)11-14(12-16(17)23)21(26,27)28/h11-13,29H,5-10H2,1-4H3/b30-18-. The average molecular weight is 521 g/mol. The van der Waals surface area contributed by atoms with Gasteiger partial charge in [-0.2, -0.15) is 18.3 Å². The summed E-state index contributed by atoms with van der Waals surface area (Å²) in [5.41, 5.74) is 1.29. The van der Waals surface area contributed by atoms with E-state index in [0.717, 1.165) is 37.8 Å². The zero-order valence-corrected chi connectivity index (χ0v) is 21.0. The molecule has 3 nitrogen and oxygen atoms in total. The van der Waals surface area contributed by atoms with E-state index in [1.54, 1.807) is 0 Å². The van der Waals surface area contributed by atoms with Crippen LogP contribution in [0.4, 0.5) is 18.9 Å². The van der Waals surface area contributed by atoms with E-state index in [9.17, 15) is 13.2 Å². The third kappa shape index (κ3) is 5.34. The zero-order chi connectivity index (χ0) is 23.6. The Hall–Kier alpha value is -0.560. The Labute approximate surface area is 202 Å². The lowest BCUT2D eigenvalue weighted by Crippen LogP contribution is -2.56. The average Bonchev–Trinajstić information content (AvgIpc) is 2.67. The Kier molecular flexibility index (Phi) is 8.74. The quantitative estimate of drug-likeness (QED) is 0.176. The maximum absolute atomic E-state index is 13.0.